The van der Waals surface area contributed by atoms with E-state index < -0.39 is 0 Å². The van der Waals surface area contributed by atoms with Crippen LogP contribution in [0.2, 0.25) is 5.02 Å². The molecule has 2 rings (SSSR count). The van der Waals surface area contributed by atoms with Gasteiger partial charge in [-0.1, -0.05) is 18.5 Å². The quantitative estimate of drug-likeness (QED) is 0.715. The van der Waals surface area contributed by atoms with Crippen molar-refractivity contribution < 1.29 is 0 Å². The van der Waals surface area contributed by atoms with Gasteiger partial charge in [0, 0.05) is 10.8 Å². The van der Waals surface area contributed by atoms with E-state index in [2.05, 4.69) is 19.1 Å². The molecule has 0 saturated carbocycles. The molecule has 0 aliphatic rings. The predicted octanol–water partition coefficient (Wildman–Crippen LogP) is 3.99. The zero-order valence-electron chi connectivity index (χ0n) is 7.67. The second kappa shape index (κ2) is 3.61. The van der Waals surface area contributed by atoms with Crippen molar-refractivity contribution in [2.75, 3.05) is 0 Å². The summed E-state index contributed by atoms with van der Waals surface area (Å²) in [5.74, 6) is 0. The molecule has 0 fully saturated rings. The fraction of sp³-hybridized carbons (Fsp3) is 0.182. The summed E-state index contributed by atoms with van der Waals surface area (Å²) in [6.07, 6.45) is 0.927. The van der Waals surface area contributed by atoms with Gasteiger partial charge in [0.1, 0.15) is 6.07 Å². The van der Waals surface area contributed by atoms with Gasteiger partial charge in [-0.3, -0.25) is 0 Å². The van der Waals surface area contributed by atoms with E-state index in [9.17, 15) is 0 Å². The molecule has 0 atom stereocenters. The van der Waals surface area contributed by atoms with Gasteiger partial charge in [0.25, 0.3) is 0 Å². The minimum absolute atomic E-state index is 0.733. The van der Waals surface area contributed by atoms with Crippen molar-refractivity contribution in [3.05, 3.63) is 33.7 Å². The molecule has 0 aliphatic heterocycles. The normalized spacial score (nSPS) is 10.4. The van der Waals surface area contributed by atoms with E-state index in [-0.39, 0.29) is 0 Å². The molecule has 1 aromatic heterocycles. The van der Waals surface area contributed by atoms with Crippen LogP contribution in [-0.4, -0.2) is 0 Å². The zero-order chi connectivity index (χ0) is 10.1. The fourth-order valence-electron chi connectivity index (χ4n) is 1.45. The van der Waals surface area contributed by atoms with Crippen molar-refractivity contribution in [2.24, 2.45) is 0 Å². The SMILES string of the molecule is CCc1cc(C#N)c2scc(Cl)c2c1. The molecule has 70 valence electrons. The molecular weight excluding hydrogens is 214 g/mol. The number of hydrogen-bond donors (Lipinski definition) is 0. The Hall–Kier alpha value is -1.04. The summed E-state index contributed by atoms with van der Waals surface area (Å²) < 4.78 is 0.995. The number of thiophene rings is 1. The topological polar surface area (TPSA) is 23.8 Å². The maximum atomic E-state index is 8.98. The number of hydrogen-bond acceptors (Lipinski definition) is 2. The van der Waals surface area contributed by atoms with Crippen molar-refractivity contribution in [1.82, 2.24) is 0 Å². The minimum Gasteiger partial charge on any atom is -0.192 e. The van der Waals surface area contributed by atoms with Crippen molar-refractivity contribution >= 4 is 33.0 Å². The number of rotatable bonds is 1. The first-order chi connectivity index (χ1) is 6.76. The lowest BCUT2D eigenvalue weighted by Crippen LogP contribution is -1.82. The summed E-state index contributed by atoms with van der Waals surface area (Å²) in [4.78, 5) is 0. The van der Waals surface area contributed by atoms with Crippen LogP contribution in [-0.2, 0) is 6.42 Å². The molecule has 2 aromatic rings. The largest absolute Gasteiger partial charge is 0.192 e. The van der Waals surface area contributed by atoms with Crippen molar-refractivity contribution in [2.45, 2.75) is 13.3 Å². The summed E-state index contributed by atoms with van der Waals surface area (Å²) in [5.41, 5.74) is 1.89. The molecule has 1 nitrogen and oxygen atoms in total. The summed E-state index contributed by atoms with van der Waals surface area (Å²) >= 11 is 7.56. The van der Waals surface area contributed by atoms with Gasteiger partial charge in [-0.25, -0.2) is 0 Å². The first-order valence-electron chi connectivity index (χ1n) is 4.36. The molecule has 0 radical (unpaired) electrons. The van der Waals surface area contributed by atoms with Crippen LogP contribution < -0.4 is 0 Å². The van der Waals surface area contributed by atoms with Gasteiger partial charge >= 0.3 is 0 Å². The van der Waals surface area contributed by atoms with Crippen LogP contribution in [0.5, 0.6) is 0 Å². The monoisotopic (exact) mass is 221 g/mol. The molecule has 1 aromatic carbocycles. The van der Waals surface area contributed by atoms with Crippen LogP contribution in [0.15, 0.2) is 17.5 Å². The molecule has 0 amide bonds. The van der Waals surface area contributed by atoms with Crippen LogP contribution >= 0.6 is 22.9 Å². The molecule has 0 N–H and O–H groups in total. The Kier molecular flexibility index (Phi) is 2.45. The third-order valence-electron chi connectivity index (χ3n) is 2.21. The molecule has 0 unspecified atom stereocenters. The second-order valence-electron chi connectivity index (χ2n) is 3.07. The van der Waals surface area contributed by atoms with Crippen molar-refractivity contribution in [3.8, 4) is 6.07 Å². The van der Waals surface area contributed by atoms with E-state index in [0.29, 0.717) is 0 Å². The fourth-order valence-corrected chi connectivity index (χ4v) is 2.67. The number of halogens is 1. The average Bonchev–Trinajstić information content (AvgIpc) is 2.59. The maximum Gasteiger partial charge on any atom is 0.101 e. The Morgan fingerprint density at radius 2 is 2.29 bits per heavy atom. The first-order valence-corrected chi connectivity index (χ1v) is 5.61. The molecule has 0 aliphatic carbocycles. The Morgan fingerprint density at radius 3 is 2.93 bits per heavy atom. The lowest BCUT2D eigenvalue weighted by molar-refractivity contribution is 1.14. The van der Waals surface area contributed by atoms with Gasteiger partial charge in [-0.05, 0) is 24.1 Å². The van der Waals surface area contributed by atoms with Gasteiger partial charge in [0.2, 0.25) is 0 Å². The summed E-state index contributed by atoms with van der Waals surface area (Å²) in [6, 6.07) is 6.21. The number of nitriles is 1. The molecule has 3 heteroatoms. The van der Waals surface area contributed by atoms with Crippen LogP contribution in [0.3, 0.4) is 0 Å². The van der Waals surface area contributed by atoms with Crippen LogP contribution in [0.1, 0.15) is 18.1 Å². The van der Waals surface area contributed by atoms with Crippen LogP contribution in [0.4, 0.5) is 0 Å². The Balaban J connectivity index is 2.84. The summed E-state index contributed by atoms with van der Waals surface area (Å²) in [7, 11) is 0. The first kappa shape index (κ1) is 9.51. The highest BCUT2D eigenvalue weighted by Crippen LogP contribution is 2.33. The van der Waals surface area contributed by atoms with E-state index in [1.807, 2.05) is 11.4 Å². The lowest BCUT2D eigenvalue weighted by atomic mass is 10.1. The molecule has 14 heavy (non-hydrogen) atoms. The highest BCUT2D eigenvalue weighted by Gasteiger charge is 2.07. The number of nitrogens with zero attached hydrogens (tertiary/aromatic N) is 1. The van der Waals surface area contributed by atoms with Gasteiger partial charge in [-0.15, -0.1) is 11.3 Å². The minimum atomic E-state index is 0.733. The van der Waals surface area contributed by atoms with E-state index in [4.69, 9.17) is 16.9 Å². The Labute approximate surface area is 91.5 Å². The van der Waals surface area contributed by atoms with Gasteiger partial charge in [-0.2, -0.15) is 5.26 Å². The van der Waals surface area contributed by atoms with E-state index in [0.717, 1.165) is 32.7 Å². The molecule has 0 saturated heterocycles. The maximum absolute atomic E-state index is 8.98. The van der Waals surface area contributed by atoms with E-state index in [1.165, 1.54) is 11.3 Å². The van der Waals surface area contributed by atoms with Crippen LogP contribution in [0, 0.1) is 11.3 Å². The Bertz CT molecular complexity index is 522. The standard InChI is InChI=1S/C11H8ClNS/c1-2-7-3-8(5-13)11-9(4-7)10(12)6-14-11/h3-4,6H,2H2,1H3. The highest BCUT2D eigenvalue weighted by molar-refractivity contribution is 7.18. The van der Waals surface area contributed by atoms with E-state index in [1.54, 1.807) is 0 Å². The lowest BCUT2D eigenvalue weighted by Gasteiger charge is -1.99. The van der Waals surface area contributed by atoms with Gasteiger partial charge in [0.15, 0.2) is 0 Å². The molecule has 1 heterocycles. The molecule has 0 bridgehead atoms. The van der Waals surface area contributed by atoms with Gasteiger partial charge < -0.3 is 0 Å². The molecular formula is C11H8ClNS. The third-order valence-corrected chi connectivity index (χ3v) is 3.69. The Morgan fingerprint density at radius 1 is 1.50 bits per heavy atom. The van der Waals surface area contributed by atoms with Crippen molar-refractivity contribution in [1.29, 1.82) is 5.26 Å². The number of fused-ring (bicyclic) bond motifs is 1. The number of aryl methyl sites for hydroxylation is 1. The summed E-state index contributed by atoms with van der Waals surface area (Å²) in [5, 5.41) is 12.6. The van der Waals surface area contributed by atoms with Gasteiger partial charge in [0.05, 0.1) is 15.3 Å². The van der Waals surface area contributed by atoms with Crippen molar-refractivity contribution in [3.63, 3.8) is 0 Å². The average molecular weight is 222 g/mol. The zero-order valence-corrected chi connectivity index (χ0v) is 9.25. The summed E-state index contributed by atoms with van der Waals surface area (Å²) in [6.45, 7) is 2.07. The van der Waals surface area contributed by atoms with E-state index >= 15 is 0 Å². The predicted molar refractivity (Wildman–Crippen MR) is 60.9 cm³/mol. The third kappa shape index (κ3) is 1.39. The highest BCUT2D eigenvalue weighted by atomic mass is 35.5. The van der Waals surface area contributed by atoms with Crippen LogP contribution in [0.25, 0.3) is 10.1 Å². The molecule has 0 spiro atoms. The number of benzene rings is 1. The second-order valence-corrected chi connectivity index (χ2v) is 4.36. The smallest absolute Gasteiger partial charge is 0.101 e.